The van der Waals surface area contributed by atoms with E-state index in [-0.39, 0.29) is 29.9 Å². The van der Waals surface area contributed by atoms with Gasteiger partial charge in [-0.1, -0.05) is 42.1 Å². The van der Waals surface area contributed by atoms with E-state index in [0.717, 1.165) is 10.8 Å². The molecule has 9 heteroatoms. The fourth-order valence-electron chi connectivity index (χ4n) is 2.82. The van der Waals surface area contributed by atoms with Crippen LogP contribution in [0.25, 0.3) is 0 Å². The standard InChI is InChI=1S/C23H24N4O3S2/c1-16(28)25-18-7-9-19(10-8-18)26-22(30)15-32-23-27-20(14-31-23)13-21(29)24-12-11-17-5-3-2-4-6-17/h2-10,14H,11-13,15H2,1H3,(H,24,29)(H,25,28)(H,26,30). The van der Waals surface area contributed by atoms with E-state index in [0.29, 0.717) is 23.6 Å². The molecule has 32 heavy (non-hydrogen) atoms. The van der Waals surface area contributed by atoms with E-state index < -0.39 is 0 Å². The molecule has 0 unspecified atom stereocenters. The molecule has 0 aliphatic rings. The van der Waals surface area contributed by atoms with Gasteiger partial charge < -0.3 is 16.0 Å². The molecule has 3 N–H and O–H groups in total. The van der Waals surface area contributed by atoms with Gasteiger partial charge in [-0.25, -0.2) is 4.98 Å². The third-order valence-corrected chi connectivity index (χ3v) is 6.34. The van der Waals surface area contributed by atoms with Gasteiger partial charge in [-0.15, -0.1) is 11.3 Å². The molecule has 0 saturated heterocycles. The van der Waals surface area contributed by atoms with E-state index in [1.807, 2.05) is 35.7 Å². The third-order valence-electron chi connectivity index (χ3n) is 4.27. The van der Waals surface area contributed by atoms with Crippen LogP contribution in [-0.4, -0.2) is 35.0 Å². The quantitative estimate of drug-likeness (QED) is 0.394. The average molecular weight is 469 g/mol. The van der Waals surface area contributed by atoms with Crippen LogP contribution in [0.3, 0.4) is 0 Å². The number of anilines is 2. The molecule has 0 aliphatic heterocycles. The number of hydrogen-bond acceptors (Lipinski definition) is 6. The van der Waals surface area contributed by atoms with Crippen molar-refractivity contribution in [1.82, 2.24) is 10.3 Å². The van der Waals surface area contributed by atoms with Gasteiger partial charge in [-0.2, -0.15) is 0 Å². The second-order valence-corrected chi connectivity index (χ2v) is 9.04. The van der Waals surface area contributed by atoms with Crippen LogP contribution in [0.5, 0.6) is 0 Å². The van der Waals surface area contributed by atoms with Gasteiger partial charge in [0.15, 0.2) is 4.34 Å². The Morgan fingerprint density at radius 3 is 2.31 bits per heavy atom. The molecule has 2 aromatic carbocycles. The van der Waals surface area contributed by atoms with Crippen LogP contribution in [-0.2, 0) is 27.2 Å². The van der Waals surface area contributed by atoms with Gasteiger partial charge in [-0.05, 0) is 36.2 Å². The minimum absolute atomic E-state index is 0.0665. The predicted octanol–water partition coefficient (Wildman–Crippen LogP) is 3.73. The molecule has 0 bridgehead atoms. The number of nitrogens with one attached hydrogen (secondary N) is 3. The highest BCUT2D eigenvalue weighted by Crippen LogP contribution is 2.23. The maximum Gasteiger partial charge on any atom is 0.234 e. The fourth-order valence-corrected chi connectivity index (χ4v) is 4.46. The van der Waals surface area contributed by atoms with Crippen LogP contribution < -0.4 is 16.0 Å². The summed E-state index contributed by atoms with van der Waals surface area (Å²) in [5.41, 5.74) is 3.20. The number of thioether (sulfide) groups is 1. The van der Waals surface area contributed by atoms with Gasteiger partial charge >= 0.3 is 0 Å². The number of carbonyl (C=O) groups excluding carboxylic acids is 3. The SMILES string of the molecule is CC(=O)Nc1ccc(NC(=O)CSc2nc(CC(=O)NCCc3ccccc3)cs2)cc1. The first-order valence-electron chi connectivity index (χ1n) is 10.0. The number of benzene rings is 2. The van der Waals surface area contributed by atoms with Crippen molar-refractivity contribution < 1.29 is 14.4 Å². The zero-order valence-corrected chi connectivity index (χ0v) is 19.2. The molecule has 0 spiro atoms. The minimum Gasteiger partial charge on any atom is -0.355 e. The van der Waals surface area contributed by atoms with Crippen molar-refractivity contribution in [2.75, 3.05) is 22.9 Å². The van der Waals surface area contributed by atoms with E-state index in [4.69, 9.17) is 0 Å². The van der Waals surface area contributed by atoms with Crippen molar-refractivity contribution in [3.63, 3.8) is 0 Å². The summed E-state index contributed by atoms with van der Waals surface area (Å²) in [6.45, 7) is 2.02. The zero-order valence-electron chi connectivity index (χ0n) is 17.6. The fraction of sp³-hybridized carbons (Fsp3) is 0.217. The number of thiazole rings is 1. The summed E-state index contributed by atoms with van der Waals surface area (Å²) in [6.07, 6.45) is 1.01. The second-order valence-electron chi connectivity index (χ2n) is 6.96. The molecule has 166 valence electrons. The highest BCUT2D eigenvalue weighted by molar-refractivity contribution is 8.01. The Kier molecular flexibility index (Phi) is 8.82. The molecule has 0 radical (unpaired) electrons. The molecular weight excluding hydrogens is 444 g/mol. The summed E-state index contributed by atoms with van der Waals surface area (Å²) in [5.74, 6) is -0.157. The number of hydrogen-bond donors (Lipinski definition) is 3. The lowest BCUT2D eigenvalue weighted by molar-refractivity contribution is -0.120. The number of amides is 3. The summed E-state index contributed by atoms with van der Waals surface area (Å²) in [5, 5.41) is 10.2. The molecule has 0 aliphatic carbocycles. The Labute approximate surface area is 195 Å². The molecule has 3 amide bonds. The van der Waals surface area contributed by atoms with Crippen LogP contribution in [0.2, 0.25) is 0 Å². The van der Waals surface area contributed by atoms with Crippen LogP contribution >= 0.6 is 23.1 Å². The lowest BCUT2D eigenvalue weighted by Gasteiger charge is -2.06. The molecule has 1 heterocycles. The summed E-state index contributed by atoms with van der Waals surface area (Å²) >= 11 is 2.75. The Balaban J connectivity index is 1.37. The van der Waals surface area contributed by atoms with Crippen LogP contribution in [0.1, 0.15) is 18.2 Å². The molecule has 7 nitrogen and oxygen atoms in total. The highest BCUT2D eigenvalue weighted by Gasteiger charge is 2.10. The number of aromatic nitrogens is 1. The third kappa shape index (κ3) is 8.16. The molecule has 0 fully saturated rings. The van der Waals surface area contributed by atoms with Crippen molar-refractivity contribution in [3.05, 3.63) is 71.2 Å². The molecule has 0 saturated carbocycles. The Morgan fingerprint density at radius 2 is 1.62 bits per heavy atom. The minimum atomic E-state index is -0.155. The maximum atomic E-state index is 12.2. The van der Waals surface area contributed by atoms with E-state index in [1.165, 1.54) is 35.6 Å². The predicted molar refractivity (Wildman–Crippen MR) is 129 cm³/mol. The molecule has 1 aromatic heterocycles. The summed E-state index contributed by atoms with van der Waals surface area (Å²) < 4.78 is 0.744. The lowest BCUT2D eigenvalue weighted by atomic mass is 10.1. The zero-order chi connectivity index (χ0) is 22.8. The molecule has 3 aromatic rings. The monoisotopic (exact) mass is 468 g/mol. The van der Waals surface area contributed by atoms with E-state index in [2.05, 4.69) is 20.9 Å². The van der Waals surface area contributed by atoms with Crippen molar-refractivity contribution in [3.8, 4) is 0 Å². The van der Waals surface area contributed by atoms with Gasteiger partial charge in [0.1, 0.15) is 0 Å². The van der Waals surface area contributed by atoms with Crippen molar-refractivity contribution in [1.29, 1.82) is 0 Å². The average Bonchev–Trinajstić information content (AvgIpc) is 3.21. The Morgan fingerprint density at radius 1 is 0.938 bits per heavy atom. The smallest absolute Gasteiger partial charge is 0.234 e. The largest absolute Gasteiger partial charge is 0.355 e. The Hall–Kier alpha value is -3.17. The number of nitrogens with zero attached hydrogens (tertiary/aromatic N) is 1. The second kappa shape index (κ2) is 12.0. The van der Waals surface area contributed by atoms with Gasteiger partial charge in [0.05, 0.1) is 17.9 Å². The van der Waals surface area contributed by atoms with Crippen LogP contribution in [0.15, 0.2) is 64.3 Å². The summed E-state index contributed by atoms with van der Waals surface area (Å²) in [7, 11) is 0. The lowest BCUT2D eigenvalue weighted by Crippen LogP contribution is -2.27. The van der Waals surface area contributed by atoms with Crippen LogP contribution in [0, 0.1) is 0 Å². The van der Waals surface area contributed by atoms with Crippen molar-refractivity contribution in [2.45, 2.75) is 24.1 Å². The molecular formula is C23H24N4O3S2. The van der Waals surface area contributed by atoms with Gasteiger partial charge in [0.25, 0.3) is 0 Å². The van der Waals surface area contributed by atoms with Crippen LogP contribution in [0.4, 0.5) is 11.4 Å². The topological polar surface area (TPSA) is 100 Å². The molecule has 0 atom stereocenters. The number of carbonyl (C=O) groups is 3. The summed E-state index contributed by atoms with van der Waals surface area (Å²) in [4.78, 5) is 39.8. The molecule has 3 rings (SSSR count). The first-order valence-corrected chi connectivity index (χ1v) is 11.9. The van der Waals surface area contributed by atoms with Gasteiger partial charge in [0, 0.05) is 30.2 Å². The summed E-state index contributed by atoms with van der Waals surface area (Å²) in [6, 6.07) is 16.9. The van der Waals surface area contributed by atoms with Crippen molar-refractivity contribution in [2.24, 2.45) is 0 Å². The first kappa shape index (κ1) is 23.5. The maximum absolute atomic E-state index is 12.2. The Bertz CT molecular complexity index is 1050. The van der Waals surface area contributed by atoms with E-state index in [9.17, 15) is 14.4 Å². The van der Waals surface area contributed by atoms with E-state index >= 15 is 0 Å². The van der Waals surface area contributed by atoms with Crippen molar-refractivity contribution >= 4 is 52.2 Å². The normalized spacial score (nSPS) is 10.4. The van der Waals surface area contributed by atoms with Gasteiger partial charge in [0.2, 0.25) is 17.7 Å². The van der Waals surface area contributed by atoms with E-state index in [1.54, 1.807) is 24.3 Å². The first-order chi connectivity index (χ1) is 15.5. The number of rotatable bonds is 10. The highest BCUT2D eigenvalue weighted by atomic mass is 32.2. The van der Waals surface area contributed by atoms with Gasteiger partial charge in [-0.3, -0.25) is 14.4 Å².